The minimum absolute atomic E-state index is 0.317. The predicted octanol–water partition coefficient (Wildman–Crippen LogP) is 5.07. The second-order valence-electron chi connectivity index (χ2n) is 6.38. The van der Waals surface area contributed by atoms with Crippen LogP contribution in [-0.2, 0) is 12.2 Å². The SMILES string of the molecule is Cc1c(F)cc(OC(F)(F)c2ccc(-c3ccc(C[SiH3])cc3)cc2F)cc1F. The molecule has 7 heteroatoms. The molecule has 1 nitrogen and oxygen atoms in total. The summed E-state index contributed by atoms with van der Waals surface area (Å²) in [7, 11) is 1.02. The molecule has 146 valence electrons. The lowest BCUT2D eigenvalue weighted by molar-refractivity contribution is -0.187. The molecule has 0 unspecified atom stereocenters. The molecule has 0 atom stereocenters. The molecule has 3 aromatic carbocycles. The molecule has 0 radical (unpaired) electrons. The van der Waals surface area contributed by atoms with Crippen molar-refractivity contribution in [2.75, 3.05) is 0 Å². The van der Waals surface area contributed by atoms with Crippen molar-refractivity contribution < 1.29 is 26.7 Å². The Hall–Kier alpha value is -2.67. The summed E-state index contributed by atoms with van der Waals surface area (Å²) in [6, 6.07) is 12.9. The Morgan fingerprint density at radius 1 is 0.821 bits per heavy atom. The topological polar surface area (TPSA) is 9.23 Å². The van der Waals surface area contributed by atoms with Crippen LogP contribution in [0.4, 0.5) is 22.0 Å². The highest BCUT2D eigenvalue weighted by atomic mass is 28.1. The van der Waals surface area contributed by atoms with Gasteiger partial charge in [0.15, 0.2) is 0 Å². The van der Waals surface area contributed by atoms with E-state index in [0.29, 0.717) is 23.3 Å². The van der Waals surface area contributed by atoms with Gasteiger partial charge >= 0.3 is 6.11 Å². The molecule has 3 rings (SSSR count). The molecule has 0 spiro atoms. The standard InChI is InChI=1S/C21H17F5OSi/c1-12-18(22)9-16(10-19(12)23)27-21(25,26)17-7-6-15(8-20(17)24)14-4-2-13(11-28)3-5-14/h2-10H,11H2,1,28H3. The molecule has 0 fully saturated rings. The fraction of sp³-hybridized carbons (Fsp3) is 0.143. The fourth-order valence-electron chi connectivity index (χ4n) is 2.75. The largest absolute Gasteiger partial charge is 0.429 e. The quantitative estimate of drug-likeness (QED) is 0.423. The van der Waals surface area contributed by atoms with Gasteiger partial charge in [-0.3, -0.25) is 0 Å². The van der Waals surface area contributed by atoms with Gasteiger partial charge in [0.2, 0.25) is 0 Å². The van der Waals surface area contributed by atoms with Gasteiger partial charge in [-0.1, -0.05) is 35.9 Å². The highest BCUT2D eigenvalue weighted by Crippen LogP contribution is 2.35. The van der Waals surface area contributed by atoms with Gasteiger partial charge in [-0.2, -0.15) is 8.78 Å². The van der Waals surface area contributed by atoms with E-state index in [4.69, 9.17) is 0 Å². The zero-order valence-electron chi connectivity index (χ0n) is 15.2. The molecule has 3 aromatic rings. The number of hydrogen-bond donors (Lipinski definition) is 0. The van der Waals surface area contributed by atoms with Gasteiger partial charge in [-0.25, -0.2) is 13.2 Å². The average Bonchev–Trinajstić information content (AvgIpc) is 2.65. The van der Waals surface area contributed by atoms with E-state index in [1.165, 1.54) is 13.0 Å². The monoisotopic (exact) mass is 408 g/mol. The lowest BCUT2D eigenvalue weighted by atomic mass is 10.0. The molecule has 0 N–H and O–H groups in total. The summed E-state index contributed by atoms with van der Waals surface area (Å²) in [6.45, 7) is 1.17. The molecule has 0 bridgehead atoms. The highest BCUT2D eigenvalue weighted by molar-refractivity contribution is 6.08. The summed E-state index contributed by atoms with van der Waals surface area (Å²) >= 11 is 0. The molecule has 0 aliphatic rings. The van der Waals surface area contributed by atoms with Crippen molar-refractivity contribution in [2.24, 2.45) is 0 Å². The van der Waals surface area contributed by atoms with Crippen LogP contribution in [0.2, 0.25) is 0 Å². The van der Waals surface area contributed by atoms with Crippen LogP contribution in [-0.4, -0.2) is 10.2 Å². The van der Waals surface area contributed by atoms with Crippen molar-refractivity contribution in [1.82, 2.24) is 0 Å². The third-order valence-electron chi connectivity index (χ3n) is 4.48. The first-order valence-corrected chi connectivity index (χ1v) is 10.0. The summed E-state index contributed by atoms with van der Waals surface area (Å²) in [6.07, 6.45) is -4.10. The van der Waals surface area contributed by atoms with E-state index in [-0.39, 0.29) is 5.56 Å². The second-order valence-corrected chi connectivity index (χ2v) is 7.08. The van der Waals surface area contributed by atoms with E-state index < -0.39 is 34.9 Å². The van der Waals surface area contributed by atoms with E-state index >= 15 is 0 Å². The van der Waals surface area contributed by atoms with Crippen molar-refractivity contribution in [2.45, 2.75) is 19.1 Å². The van der Waals surface area contributed by atoms with Crippen LogP contribution in [0.1, 0.15) is 16.7 Å². The van der Waals surface area contributed by atoms with Crippen LogP contribution in [0.3, 0.4) is 0 Å². The number of alkyl halides is 2. The van der Waals surface area contributed by atoms with Crippen LogP contribution >= 0.6 is 0 Å². The molecule has 0 saturated heterocycles. The zero-order chi connectivity index (χ0) is 20.5. The Labute approximate surface area is 162 Å². The van der Waals surface area contributed by atoms with Gasteiger partial charge in [0.25, 0.3) is 0 Å². The average molecular weight is 408 g/mol. The van der Waals surface area contributed by atoms with Gasteiger partial charge < -0.3 is 4.74 Å². The van der Waals surface area contributed by atoms with Crippen LogP contribution < -0.4 is 4.74 Å². The van der Waals surface area contributed by atoms with Gasteiger partial charge in [-0.15, -0.1) is 0 Å². The van der Waals surface area contributed by atoms with Crippen molar-refractivity contribution in [1.29, 1.82) is 0 Å². The Bertz CT molecular complexity index is 979. The summed E-state index contributed by atoms with van der Waals surface area (Å²) in [5, 5.41) is 0. The van der Waals surface area contributed by atoms with Gasteiger partial charge in [0.1, 0.15) is 23.2 Å². The Morgan fingerprint density at radius 2 is 1.39 bits per heavy atom. The first-order valence-electron chi connectivity index (χ1n) is 8.63. The highest BCUT2D eigenvalue weighted by Gasteiger charge is 2.38. The smallest absolute Gasteiger partial charge is 0.429 e. The molecule has 0 saturated carbocycles. The first-order chi connectivity index (χ1) is 13.2. The third kappa shape index (κ3) is 4.09. The van der Waals surface area contributed by atoms with Crippen molar-refractivity contribution in [3.05, 3.63) is 88.7 Å². The predicted molar refractivity (Wildman–Crippen MR) is 101 cm³/mol. The Kier molecular flexibility index (Phi) is 5.56. The van der Waals surface area contributed by atoms with E-state index in [1.807, 2.05) is 12.1 Å². The maximum atomic E-state index is 14.4. The van der Waals surface area contributed by atoms with Crippen LogP contribution in [0.5, 0.6) is 5.75 Å². The van der Waals surface area contributed by atoms with Gasteiger partial charge in [0.05, 0.1) is 5.56 Å². The van der Waals surface area contributed by atoms with Crippen LogP contribution in [0.25, 0.3) is 11.1 Å². The molecule has 0 amide bonds. The summed E-state index contributed by atoms with van der Waals surface area (Å²) < 4.78 is 74.7. The molecular weight excluding hydrogens is 391 g/mol. The number of rotatable bonds is 5. The maximum Gasteiger partial charge on any atom is 0.429 e. The first kappa shape index (κ1) is 20.1. The molecule has 0 aliphatic heterocycles. The van der Waals surface area contributed by atoms with E-state index in [2.05, 4.69) is 4.74 Å². The van der Waals surface area contributed by atoms with E-state index in [9.17, 15) is 22.0 Å². The number of ether oxygens (including phenoxy) is 1. The van der Waals surface area contributed by atoms with Crippen molar-refractivity contribution in [3.63, 3.8) is 0 Å². The molecular formula is C21H17F5OSi. The van der Waals surface area contributed by atoms with Crippen molar-refractivity contribution in [3.8, 4) is 16.9 Å². The molecule has 28 heavy (non-hydrogen) atoms. The Balaban J connectivity index is 1.89. The van der Waals surface area contributed by atoms with E-state index in [0.717, 1.165) is 34.0 Å². The number of halogens is 5. The van der Waals surface area contributed by atoms with Crippen molar-refractivity contribution >= 4 is 10.2 Å². The van der Waals surface area contributed by atoms with Gasteiger partial charge in [-0.05, 0) is 36.2 Å². The van der Waals surface area contributed by atoms with Crippen LogP contribution in [0, 0.1) is 24.4 Å². The second kappa shape index (κ2) is 7.75. The van der Waals surface area contributed by atoms with Gasteiger partial charge in [0, 0.05) is 27.9 Å². The third-order valence-corrected chi connectivity index (χ3v) is 5.30. The van der Waals surface area contributed by atoms with Crippen LogP contribution in [0.15, 0.2) is 54.6 Å². The lowest BCUT2D eigenvalue weighted by Crippen LogP contribution is -2.23. The van der Waals surface area contributed by atoms with E-state index in [1.54, 1.807) is 12.1 Å². The lowest BCUT2D eigenvalue weighted by Gasteiger charge is -2.19. The minimum atomic E-state index is -4.10. The summed E-state index contributed by atoms with van der Waals surface area (Å²) in [5.74, 6) is -3.96. The molecule has 0 aliphatic carbocycles. The number of hydrogen-bond acceptors (Lipinski definition) is 1. The maximum absolute atomic E-state index is 14.4. The molecule has 0 heterocycles. The zero-order valence-corrected chi connectivity index (χ0v) is 17.2. The fourth-order valence-corrected chi connectivity index (χ4v) is 3.22. The normalized spacial score (nSPS) is 11.6. The summed E-state index contributed by atoms with van der Waals surface area (Å²) in [5.41, 5.74) is 0.946. The number of benzene rings is 3. The Morgan fingerprint density at radius 3 is 1.93 bits per heavy atom. The minimum Gasteiger partial charge on any atom is -0.429 e. The molecule has 0 aromatic heterocycles. The summed E-state index contributed by atoms with van der Waals surface area (Å²) in [4.78, 5) is 0.